The molecular weight excluding hydrogens is 323 g/mol. The quantitative estimate of drug-likeness (QED) is 0.389. The third-order valence-corrected chi connectivity index (χ3v) is 4.58. The van der Waals surface area contributed by atoms with Gasteiger partial charge in [0, 0.05) is 6.04 Å². The minimum atomic E-state index is 0.843. The summed E-state index contributed by atoms with van der Waals surface area (Å²) >= 11 is 2.47. The smallest absolute Gasteiger partial charge is 0.0104 e. The van der Waals surface area contributed by atoms with Gasteiger partial charge in [0.25, 0.3) is 0 Å². The summed E-state index contributed by atoms with van der Waals surface area (Å²) in [6, 6.07) is 0.843. The van der Waals surface area contributed by atoms with Gasteiger partial charge in [-0.2, -0.15) is 0 Å². The highest BCUT2D eigenvalue weighted by atomic mass is 127. The van der Waals surface area contributed by atoms with Crippen LogP contribution in [0.4, 0.5) is 0 Å². The van der Waals surface area contributed by atoms with E-state index in [1.807, 2.05) is 0 Å². The third-order valence-electron chi connectivity index (χ3n) is 3.81. The van der Waals surface area contributed by atoms with Crippen molar-refractivity contribution in [2.24, 2.45) is 0 Å². The number of unbranched alkanes of at least 4 members (excludes halogenated alkanes) is 3. The predicted octanol–water partition coefficient (Wildman–Crippen LogP) is 3.45. The fraction of sp³-hybridized carbons (Fsp3) is 1.00. The lowest BCUT2D eigenvalue weighted by Crippen LogP contribution is -2.38. The van der Waals surface area contributed by atoms with E-state index in [1.54, 1.807) is 0 Å². The molecule has 0 amide bonds. The summed E-state index contributed by atoms with van der Waals surface area (Å²) in [5.41, 5.74) is 0. The van der Waals surface area contributed by atoms with Crippen molar-refractivity contribution in [1.82, 2.24) is 10.2 Å². The molecule has 0 bridgehead atoms. The number of hydrogen-bond acceptors (Lipinski definition) is 2. The van der Waals surface area contributed by atoms with Crippen molar-refractivity contribution in [3.05, 3.63) is 0 Å². The minimum Gasteiger partial charge on any atom is -0.317 e. The van der Waals surface area contributed by atoms with Gasteiger partial charge in [-0.05, 0) is 63.2 Å². The largest absolute Gasteiger partial charge is 0.317 e. The SMILES string of the molecule is CN1CCCCC1CCNCCCCCCI. The van der Waals surface area contributed by atoms with Crippen molar-refractivity contribution in [2.45, 2.75) is 57.4 Å². The molecule has 1 heterocycles. The summed E-state index contributed by atoms with van der Waals surface area (Å²) in [6.07, 6.45) is 11.2. The van der Waals surface area contributed by atoms with Gasteiger partial charge in [-0.1, -0.05) is 41.9 Å². The molecule has 1 unspecified atom stereocenters. The summed E-state index contributed by atoms with van der Waals surface area (Å²) in [4.78, 5) is 2.55. The fourth-order valence-corrected chi connectivity index (χ4v) is 3.14. The van der Waals surface area contributed by atoms with Gasteiger partial charge in [0.15, 0.2) is 0 Å². The van der Waals surface area contributed by atoms with Crippen LogP contribution in [0.3, 0.4) is 0 Å². The van der Waals surface area contributed by atoms with E-state index in [2.05, 4.69) is 39.9 Å². The van der Waals surface area contributed by atoms with E-state index in [0.29, 0.717) is 0 Å². The monoisotopic (exact) mass is 352 g/mol. The molecule has 1 rings (SSSR count). The molecule has 1 aliphatic heterocycles. The second-order valence-corrected chi connectivity index (χ2v) is 6.35. The van der Waals surface area contributed by atoms with Gasteiger partial charge in [0.05, 0.1) is 0 Å². The summed E-state index contributed by atoms with van der Waals surface area (Å²) in [7, 11) is 2.29. The molecule has 102 valence electrons. The van der Waals surface area contributed by atoms with Crippen LogP contribution in [-0.4, -0.2) is 42.1 Å². The molecule has 1 fully saturated rings. The van der Waals surface area contributed by atoms with Crippen LogP contribution in [0, 0.1) is 0 Å². The van der Waals surface area contributed by atoms with E-state index in [1.165, 1.54) is 75.4 Å². The highest BCUT2D eigenvalue weighted by Crippen LogP contribution is 2.16. The number of alkyl halides is 1. The highest BCUT2D eigenvalue weighted by Gasteiger charge is 2.17. The Morgan fingerprint density at radius 3 is 2.71 bits per heavy atom. The van der Waals surface area contributed by atoms with Gasteiger partial charge in [0.1, 0.15) is 0 Å². The molecular formula is C14H29IN2. The molecule has 1 aliphatic rings. The van der Waals surface area contributed by atoms with Crippen LogP contribution in [-0.2, 0) is 0 Å². The van der Waals surface area contributed by atoms with Crippen molar-refractivity contribution in [3.63, 3.8) is 0 Å². The first kappa shape index (κ1) is 15.7. The van der Waals surface area contributed by atoms with Gasteiger partial charge >= 0.3 is 0 Å². The lowest BCUT2D eigenvalue weighted by Gasteiger charge is -2.32. The molecule has 1 N–H and O–H groups in total. The molecule has 3 heteroatoms. The first-order valence-electron chi connectivity index (χ1n) is 7.31. The number of nitrogens with one attached hydrogen (secondary N) is 1. The van der Waals surface area contributed by atoms with Crippen LogP contribution in [0.2, 0.25) is 0 Å². The topological polar surface area (TPSA) is 15.3 Å². The second-order valence-electron chi connectivity index (χ2n) is 5.27. The molecule has 0 spiro atoms. The van der Waals surface area contributed by atoms with Gasteiger partial charge in [-0.25, -0.2) is 0 Å². The molecule has 2 nitrogen and oxygen atoms in total. The molecule has 0 saturated carbocycles. The standard InChI is InChI=1S/C14H29IN2/c1-17-13-7-4-8-14(17)9-12-16-11-6-3-2-5-10-15/h14,16H,2-13H2,1H3. The predicted molar refractivity (Wildman–Crippen MR) is 85.1 cm³/mol. The molecule has 0 aliphatic carbocycles. The Hall–Kier alpha value is 0.650. The zero-order chi connectivity index (χ0) is 12.3. The maximum atomic E-state index is 3.60. The maximum absolute atomic E-state index is 3.60. The average Bonchev–Trinajstić information content (AvgIpc) is 2.35. The average molecular weight is 352 g/mol. The van der Waals surface area contributed by atoms with E-state index in [-0.39, 0.29) is 0 Å². The van der Waals surface area contributed by atoms with Gasteiger partial charge in [-0.3, -0.25) is 0 Å². The number of hydrogen-bond donors (Lipinski definition) is 1. The first-order valence-corrected chi connectivity index (χ1v) is 8.84. The number of likely N-dealkylation sites (tertiary alicyclic amines) is 1. The van der Waals surface area contributed by atoms with Crippen molar-refractivity contribution >= 4 is 22.6 Å². The van der Waals surface area contributed by atoms with Gasteiger partial charge in [0.2, 0.25) is 0 Å². The molecule has 0 aromatic carbocycles. The summed E-state index contributed by atoms with van der Waals surface area (Å²) < 4.78 is 1.32. The zero-order valence-corrected chi connectivity index (χ0v) is 13.5. The minimum absolute atomic E-state index is 0.843. The first-order chi connectivity index (χ1) is 8.34. The van der Waals surface area contributed by atoms with Crippen LogP contribution in [0.15, 0.2) is 0 Å². The number of nitrogens with zero attached hydrogens (tertiary/aromatic N) is 1. The normalized spacial score (nSPS) is 21.9. The van der Waals surface area contributed by atoms with Gasteiger partial charge in [-0.15, -0.1) is 0 Å². The van der Waals surface area contributed by atoms with Crippen LogP contribution >= 0.6 is 22.6 Å². The second kappa shape index (κ2) is 10.6. The molecule has 0 radical (unpaired) electrons. The Bertz CT molecular complexity index is 176. The Balaban J connectivity index is 1.86. The Labute approximate surface area is 121 Å². The van der Waals surface area contributed by atoms with Crippen LogP contribution in [0.25, 0.3) is 0 Å². The Kier molecular flexibility index (Phi) is 9.76. The summed E-state index contributed by atoms with van der Waals surface area (Å²) in [5.74, 6) is 0. The lowest BCUT2D eigenvalue weighted by molar-refractivity contribution is 0.175. The number of halogens is 1. The van der Waals surface area contributed by atoms with Crippen molar-refractivity contribution in [1.29, 1.82) is 0 Å². The van der Waals surface area contributed by atoms with Gasteiger partial charge < -0.3 is 10.2 Å². The lowest BCUT2D eigenvalue weighted by atomic mass is 10.0. The molecule has 0 aromatic rings. The molecule has 1 saturated heterocycles. The number of rotatable bonds is 9. The summed E-state index contributed by atoms with van der Waals surface area (Å²) in [6.45, 7) is 3.74. The van der Waals surface area contributed by atoms with Crippen LogP contribution in [0.1, 0.15) is 51.4 Å². The number of piperidine rings is 1. The summed E-state index contributed by atoms with van der Waals surface area (Å²) in [5, 5.41) is 3.60. The van der Waals surface area contributed by atoms with Crippen molar-refractivity contribution in [3.8, 4) is 0 Å². The maximum Gasteiger partial charge on any atom is 0.0104 e. The molecule has 1 atom stereocenters. The van der Waals surface area contributed by atoms with E-state index in [4.69, 9.17) is 0 Å². The van der Waals surface area contributed by atoms with E-state index < -0.39 is 0 Å². The van der Waals surface area contributed by atoms with Crippen molar-refractivity contribution < 1.29 is 0 Å². The van der Waals surface area contributed by atoms with E-state index in [9.17, 15) is 0 Å². The van der Waals surface area contributed by atoms with E-state index >= 15 is 0 Å². The zero-order valence-electron chi connectivity index (χ0n) is 11.4. The van der Waals surface area contributed by atoms with Crippen LogP contribution in [0.5, 0.6) is 0 Å². The molecule has 0 aromatic heterocycles. The third kappa shape index (κ3) is 7.62. The van der Waals surface area contributed by atoms with E-state index in [0.717, 1.165) is 6.04 Å². The van der Waals surface area contributed by atoms with Crippen LogP contribution < -0.4 is 5.32 Å². The highest BCUT2D eigenvalue weighted by molar-refractivity contribution is 14.1. The van der Waals surface area contributed by atoms with Crippen molar-refractivity contribution in [2.75, 3.05) is 31.1 Å². The Morgan fingerprint density at radius 2 is 1.94 bits per heavy atom. The Morgan fingerprint density at radius 1 is 1.12 bits per heavy atom. The molecule has 17 heavy (non-hydrogen) atoms. The fourth-order valence-electron chi connectivity index (χ4n) is 2.60.